The average molecular weight is 553 g/mol. The minimum atomic E-state index is -0.763. The van der Waals surface area contributed by atoms with E-state index in [2.05, 4.69) is 23.7 Å². The second-order valence-electron chi connectivity index (χ2n) is 10.2. The van der Waals surface area contributed by atoms with Gasteiger partial charge < -0.3 is 19.6 Å². The summed E-state index contributed by atoms with van der Waals surface area (Å²) in [6.45, 7) is 9.38. The molecule has 0 aliphatic carbocycles. The van der Waals surface area contributed by atoms with Gasteiger partial charge in [0.1, 0.15) is 23.7 Å². The van der Waals surface area contributed by atoms with Crippen molar-refractivity contribution in [1.82, 2.24) is 19.2 Å². The molecule has 1 amide bonds. The zero-order valence-corrected chi connectivity index (χ0v) is 23.8. The highest BCUT2D eigenvalue weighted by Crippen LogP contribution is 2.41. The molecular formula is C33H36N4O4. The Bertz CT molecular complexity index is 1570. The molecule has 1 atom stereocenters. The number of imidazole rings is 1. The quantitative estimate of drug-likeness (QED) is 0.153. The first-order chi connectivity index (χ1) is 19.9. The van der Waals surface area contributed by atoms with E-state index in [-0.39, 0.29) is 11.3 Å². The smallest absolute Gasteiger partial charge is 0.295 e. The molecule has 0 radical (unpaired) electrons. The molecule has 8 heteroatoms. The highest BCUT2D eigenvalue weighted by molar-refractivity contribution is 6.46. The lowest BCUT2D eigenvalue weighted by Crippen LogP contribution is -2.33. The van der Waals surface area contributed by atoms with Crippen LogP contribution in [0.4, 0.5) is 0 Å². The molecule has 8 nitrogen and oxygen atoms in total. The van der Waals surface area contributed by atoms with Gasteiger partial charge in [-0.3, -0.25) is 14.0 Å². The van der Waals surface area contributed by atoms with E-state index in [0.717, 1.165) is 25.2 Å². The van der Waals surface area contributed by atoms with Gasteiger partial charge >= 0.3 is 0 Å². The van der Waals surface area contributed by atoms with E-state index in [0.29, 0.717) is 47.9 Å². The maximum absolute atomic E-state index is 13.6. The van der Waals surface area contributed by atoms with Crippen molar-refractivity contribution in [1.29, 1.82) is 0 Å². The first kappa shape index (κ1) is 28.1. The largest absolute Gasteiger partial charge is 0.505 e. The molecule has 5 rings (SSSR count). The van der Waals surface area contributed by atoms with Gasteiger partial charge in [0.2, 0.25) is 0 Å². The number of aliphatic hydroxyl groups is 1. The molecule has 4 aromatic rings. The zero-order valence-electron chi connectivity index (χ0n) is 23.8. The monoisotopic (exact) mass is 552 g/mol. The van der Waals surface area contributed by atoms with E-state index in [9.17, 15) is 14.7 Å². The molecule has 1 fully saturated rings. The molecule has 1 aliphatic rings. The summed E-state index contributed by atoms with van der Waals surface area (Å²) < 4.78 is 7.82. The number of carbonyl (C=O) groups is 2. The molecule has 1 unspecified atom stereocenters. The summed E-state index contributed by atoms with van der Waals surface area (Å²) in [5.74, 6) is -0.924. The van der Waals surface area contributed by atoms with E-state index < -0.39 is 17.7 Å². The number of carbonyl (C=O) groups excluding carboxylic acids is 2. The highest BCUT2D eigenvalue weighted by Gasteiger charge is 2.46. The Hall–Kier alpha value is -4.43. The Balaban J connectivity index is 1.55. The molecule has 2 aromatic heterocycles. The van der Waals surface area contributed by atoms with Crippen LogP contribution in [0.25, 0.3) is 11.4 Å². The van der Waals surface area contributed by atoms with Gasteiger partial charge in [-0.15, -0.1) is 0 Å². The third-order valence-corrected chi connectivity index (χ3v) is 7.66. The Morgan fingerprint density at radius 3 is 2.51 bits per heavy atom. The fourth-order valence-electron chi connectivity index (χ4n) is 5.50. The molecule has 3 heterocycles. The zero-order chi connectivity index (χ0) is 28.9. The summed E-state index contributed by atoms with van der Waals surface area (Å²) in [6, 6.07) is 22.1. The number of benzene rings is 2. The SMILES string of the molecule is CCN(CC)CCCN1C(=O)C(=O)/C(=C(/O)c2c(C)nc3ccccn23)C1c1cccc(OCc2ccccc2)c1. The number of aromatic nitrogens is 2. The Morgan fingerprint density at radius 2 is 1.76 bits per heavy atom. The number of fused-ring (bicyclic) bond motifs is 1. The van der Waals surface area contributed by atoms with E-state index in [1.807, 2.05) is 72.8 Å². The van der Waals surface area contributed by atoms with Crippen LogP contribution >= 0.6 is 0 Å². The van der Waals surface area contributed by atoms with Crippen LogP contribution in [0, 0.1) is 6.92 Å². The predicted octanol–water partition coefficient (Wildman–Crippen LogP) is 5.38. The van der Waals surface area contributed by atoms with Crippen molar-refractivity contribution in [3.05, 3.63) is 107 Å². The first-order valence-corrected chi connectivity index (χ1v) is 14.1. The van der Waals surface area contributed by atoms with E-state index in [1.165, 1.54) is 0 Å². The van der Waals surface area contributed by atoms with Crippen molar-refractivity contribution >= 4 is 23.1 Å². The lowest BCUT2D eigenvalue weighted by Gasteiger charge is -2.27. The number of rotatable bonds is 11. The van der Waals surface area contributed by atoms with Crippen molar-refractivity contribution in [2.45, 2.75) is 39.8 Å². The lowest BCUT2D eigenvalue weighted by molar-refractivity contribution is -0.140. The number of aliphatic hydroxyl groups excluding tert-OH is 1. The summed E-state index contributed by atoms with van der Waals surface area (Å²) in [4.78, 5) is 35.5. The second-order valence-corrected chi connectivity index (χ2v) is 10.2. The molecule has 41 heavy (non-hydrogen) atoms. The number of pyridine rings is 1. The van der Waals surface area contributed by atoms with Gasteiger partial charge in [0, 0.05) is 12.7 Å². The fourth-order valence-corrected chi connectivity index (χ4v) is 5.50. The number of hydrogen-bond donors (Lipinski definition) is 1. The Kier molecular flexibility index (Phi) is 8.50. The van der Waals surface area contributed by atoms with E-state index in [4.69, 9.17) is 4.74 Å². The van der Waals surface area contributed by atoms with Gasteiger partial charge in [0.25, 0.3) is 11.7 Å². The number of aryl methyl sites for hydroxylation is 1. The van der Waals surface area contributed by atoms with Gasteiger partial charge in [-0.25, -0.2) is 4.98 Å². The Labute approximate surface area is 240 Å². The topological polar surface area (TPSA) is 87.4 Å². The van der Waals surface area contributed by atoms with Crippen LogP contribution in [0.15, 0.2) is 84.6 Å². The predicted molar refractivity (Wildman–Crippen MR) is 159 cm³/mol. The van der Waals surface area contributed by atoms with Crippen molar-refractivity contribution in [3.63, 3.8) is 0 Å². The standard InChI is InChI=1S/C33H36N4O4/c1-4-35(5-2)18-12-20-37-30(25-15-11-16-26(21-25)41-22-24-13-7-6-8-14-24)28(32(39)33(37)40)31(38)29-23(3)34-27-17-9-10-19-36(27)29/h6-11,13-17,19,21,30,38H,4-5,12,18,20,22H2,1-3H3/b31-28+. The van der Waals surface area contributed by atoms with Crippen molar-refractivity contribution in [2.75, 3.05) is 26.2 Å². The highest BCUT2D eigenvalue weighted by atomic mass is 16.5. The molecule has 0 saturated carbocycles. The van der Waals surface area contributed by atoms with E-state index >= 15 is 0 Å². The molecule has 1 aliphatic heterocycles. The van der Waals surface area contributed by atoms with Crippen LogP contribution in [0.2, 0.25) is 0 Å². The van der Waals surface area contributed by atoms with Crippen molar-refractivity contribution in [3.8, 4) is 5.75 Å². The maximum Gasteiger partial charge on any atom is 0.295 e. The van der Waals surface area contributed by atoms with Crippen molar-refractivity contribution in [2.24, 2.45) is 0 Å². The maximum atomic E-state index is 13.6. The number of ether oxygens (including phenoxy) is 1. The summed E-state index contributed by atoms with van der Waals surface area (Å²) >= 11 is 0. The van der Waals surface area contributed by atoms with Crippen LogP contribution in [-0.2, 0) is 16.2 Å². The number of nitrogens with zero attached hydrogens (tertiary/aromatic N) is 4. The summed E-state index contributed by atoms with van der Waals surface area (Å²) in [5.41, 5.74) is 3.41. The van der Waals surface area contributed by atoms with Gasteiger partial charge in [0.05, 0.1) is 17.3 Å². The molecule has 1 N–H and O–H groups in total. The first-order valence-electron chi connectivity index (χ1n) is 14.1. The summed E-state index contributed by atoms with van der Waals surface area (Å²) in [5, 5.41) is 11.7. The number of likely N-dealkylation sites (tertiary alicyclic amines) is 1. The van der Waals surface area contributed by atoms with Gasteiger partial charge in [-0.1, -0.05) is 62.4 Å². The van der Waals surface area contributed by atoms with Crippen LogP contribution in [0.5, 0.6) is 5.75 Å². The number of Topliss-reactive ketones (excluding diaryl/α,β-unsaturated/α-hetero) is 1. The normalized spacial score (nSPS) is 16.7. The fraction of sp³-hybridized carbons (Fsp3) is 0.303. The Morgan fingerprint density at radius 1 is 1.00 bits per heavy atom. The van der Waals surface area contributed by atoms with Gasteiger partial charge in [-0.05, 0) is 68.4 Å². The summed E-state index contributed by atoms with van der Waals surface area (Å²) in [7, 11) is 0. The van der Waals surface area contributed by atoms with Gasteiger partial charge in [0.15, 0.2) is 5.76 Å². The molecule has 0 bridgehead atoms. The molecular weight excluding hydrogens is 516 g/mol. The average Bonchev–Trinajstić information content (AvgIpc) is 3.47. The molecule has 2 aromatic carbocycles. The minimum absolute atomic E-state index is 0.0619. The van der Waals surface area contributed by atoms with Crippen molar-refractivity contribution < 1.29 is 19.4 Å². The number of ketones is 1. The van der Waals surface area contributed by atoms with Crippen LogP contribution < -0.4 is 4.74 Å². The number of hydrogen-bond acceptors (Lipinski definition) is 6. The van der Waals surface area contributed by atoms with Crippen LogP contribution in [-0.4, -0.2) is 62.2 Å². The summed E-state index contributed by atoms with van der Waals surface area (Å²) in [6.07, 6.45) is 2.49. The second kappa shape index (κ2) is 12.4. The molecule has 0 spiro atoms. The third kappa shape index (κ3) is 5.74. The lowest BCUT2D eigenvalue weighted by atomic mass is 9.96. The third-order valence-electron chi connectivity index (χ3n) is 7.66. The minimum Gasteiger partial charge on any atom is -0.505 e. The van der Waals surface area contributed by atoms with Crippen LogP contribution in [0.3, 0.4) is 0 Å². The van der Waals surface area contributed by atoms with E-state index in [1.54, 1.807) is 22.4 Å². The van der Waals surface area contributed by atoms with Crippen LogP contribution in [0.1, 0.15) is 48.8 Å². The molecule has 212 valence electrons. The molecule has 1 saturated heterocycles. The van der Waals surface area contributed by atoms with Gasteiger partial charge in [-0.2, -0.15) is 0 Å². The number of amides is 1.